The van der Waals surface area contributed by atoms with Gasteiger partial charge in [-0.1, -0.05) is 18.2 Å². The summed E-state index contributed by atoms with van der Waals surface area (Å²) in [7, 11) is 0. The molecule has 25 heavy (non-hydrogen) atoms. The van der Waals surface area contributed by atoms with Crippen molar-refractivity contribution < 1.29 is 14.7 Å². The van der Waals surface area contributed by atoms with Crippen molar-refractivity contribution in [2.75, 3.05) is 11.9 Å². The number of pyridine rings is 1. The van der Waals surface area contributed by atoms with Gasteiger partial charge in [0.05, 0.1) is 17.8 Å². The Morgan fingerprint density at radius 1 is 1.16 bits per heavy atom. The minimum Gasteiger partial charge on any atom is -0.480 e. The van der Waals surface area contributed by atoms with Gasteiger partial charge in [-0.3, -0.25) is 9.78 Å². The zero-order valence-corrected chi connectivity index (χ0v) is 13.9. The third-order valence-electron chi connectivity index (χ3n) is 4.39. The number of nitrogens with zero attached hydrogens (tertiary/aromatic N) is 2. The van der Waals surface area contributed by atoms with Crippen LogP contribution in [-0.2, 0) is 11.3 Å². The SMILES string of the molecule is O=C(O)[C@H]1CCCCN1C(=O)c1ccccc1NCc1ccccn1. The maximum Gasteiger partial charge on any atom is 0.326 e. The van der Waals surface area contributed by atoms with Crippen LogP contribution in [0.3, 0.4) is 0 Å². The first-order chi connectivity index (χ1) is 12.2. The molecule has 2 heterocycles. The molecule has 2 aromatic rings. The molecule has 1 aliphatic heterocycles. The summed E-state index contributed by atoms with van der Waals surface area (Å²) in [4.78, 5) is 30.2. The Bertz CT molecular complexity index is 749. The maximum atomic E-state index is 13.0. The molecule has 2 N–H and O–H groups in total. The van der Waals surface area contributed by atoms with Crippen LogP contribution in [0.25, 0.3) is 0 Å². The highest BCUT2D eigenvalue weighted by Crippen LogP contribution is 2.24. The first-order valence-electron chi connectivity index (χ1n) is 8.43. The number of benzene rings is 1. The van der Waals surface area contributed by atoms with Gasteiger partial charge in [-0.2, -0.15) is 0 Å². The molecule has 0 radical (unpaired) electrons. The molecule has 1 saturated heterocycles. The Balaban J connectivity index is 1.79. The van der Waals surface area contributed by atoms with Gasteiger partial charge in [0.15, 0.2) is 0 Å². The van der Waals surface area contributed by atoms with Crippen molar-refractivity contribution in [2.45, 2.75) is 31.8 Å². The lowest BCUT2D eigenvalue weighted by Crippen LogP contribution is -2.48. The van der Waals surface area contributed by atoms with E-state index in [4.69, 9.17) is 0 Å². The van der Waals surface area contributed by atoms with Crippen molar-refractivity contribution in [3.63, 3.8) is 0 Å². The number of amides is 1. The van der Waals surface area contributed by atoms with Crippen LogP contribution in [0.5, 0.6) is 0 Å². The van der Waals surface area contributed by atoms with Gasteiger partial charge in [-0.25, -0.2) is 4.79 Å². The Labute approximate surface area is 146 Å². The first-order valence-corrected chi connectivity index (χ1v) is 8.43. The van der Waals surface area contributed by atoms with Gasteiger partial charge in [0.2, 0.25) is 0 Å². The quantitative estimate of drug-likeness (QED) is 0.875. The average molecular weight is 339 g/mol. The number of nitrogens with one attached hydrogen (secondary N) is 1. The normalized spacial score (nSPS) is 17.1. The molecule has 6 heteroatoms. The van der Waals surface area contributed by atoms with E-state index in [9.17, 15) is 14.7 Å². The van der Waals surface area contributed by atoms with E-state index < -0.39 is 12.0 Å². The third-order valence-corrected chi connectivity index (χ3v) is 4.39. The predicted octanol–water partition coefficient (Wildman–Crippen LogP) is 2.77. The van der Waals surface area contributed by atoms with Crippen LogP contribution < -0.4 is 5.32 Å². The number of hydrogen-bond acceptors (Lipinski definition) is 4. The molecule has 0 unspecified atom stereocenters. The summed E-state index contributed by atoms with van der Waals surface area (Å²) in [6.45, 7) is 0.970. The molecule has 1 amide bonds. The number of likely N-dealkylation sites (tertiary alicyclic amines) is 1. The zero-order valence-electron chi connectivity index (χ0n) is 13.9. The number of aliphatic carboxylic acids is 1. The summed E-state index contributed by atoms with van der Waals surface area (Å²) >= 11 is 0. The second kappa shape index (κ2) is 7.79. The van der Waals surface area contributed by atoms with Crippen molar-refractivity contribution in [2.24, 2.45) is 0 Å². The summed E-state index contributed by atoms with van der Waals surface area (Å²) in [6, 6.07) is 12.1. The molecular formula is C19H21N3O3. The minimum atomic E-state index is -0.938. The van der Waals surface area contributed by atoms with Crippen molar-refractivity contribution >= 4 is 17.6 Å². The fourth-order valence-electron chi connectivity index (χ4n) is 3.10. The van der Waals surface area contributed by atoms with Crippen LogP contribution in [-0.4, -0.2) is 39.5 Å². The number of para-hydroxylation sites is 1. The topological polar surface area (TPSA) is 82.5 Å². The standard InChI is InChI=1S/C19H21N3O3/c23-18(22-12-6-4-10-17(22)19(24)25)15-8-1-2-9-16(15)21-13-14-7-3-5-11-20-14/h1-3,5,7-9,11,17,21H,4,6,10,12-13H2,(H,24,25)/t17-/m1/s1. The van der Waals surface area contributed by atoms with Gasteiger partial charge in [0.25, 0.3) is 5.91 Å². The highest BCUT2D eigenvalue weighted by atomic mass is 16.4. The highest BCUT2D eigenvalue weighted by molar-refractivity contribution is 6.01. The van der Waals surface area contributed by atoms with Gasteiger partial charge in [-0.05, 0) is 43.5 Å². The summed E-state index contributed by atoms with van der Waals surface area (Å²) in [5.74, 6) is -1.18. The Kier molecular flexibility index (Phi) is 5.28. The van der Waals surface area contributed by atoms with Gasteiger partial charge in [-0.15, -0.1) is 0 Å². The number of carbonyl (C=O) groups is 2. The van der Waals surface area contributed by atoms with E-state index in [2.05, 4.69) is 10.3 Å². The molecule has 1 fully saturated rings. The monoisotopic (exact) mass is 339 g/mol. The molecule has 3 rings (SSSR count). The maximum absolute atomic E-state index is 13.0. The molecule has 130 valence electrons. The van der Waals surface area contributed by atoms with Crippen LogP contribution in [0.1, 0.15) is 35.3 Å². The molecule has 0 bridgehead atoms. The van der Waals surface area contributed by atoms with Gasteiger partial charge < -0.3 is 15.3 Å². The second-order valence-electron chi connectivity index (χ2n) is 6.07. The van der Waals surface area contributed by atoms with Crippen molar-refractivity contribution in [1.29, 1.82) is 0 Å². The summed E-state index contributed by atoms with van der Waals surface area (Å²) in [6.07, 6.45) is 3.89. The molecule has 1 aromatic carbocycles. The Morgan fingerprint density at radius 3 is 2.72 bits per heavy atom. The molecule has 1 aromatic heterocycles. The molecular weight excluding hydrogens is 318 g/mol. The van der Waals surface area contributed by atoms with Gasteiger partial charge >= 0.3 is 5.97 Å². The zero-order chi connectivity index (χ0) is 17.6. The number of anilines is 1. The van der Waals surface area contributed by atoms with E-state index in [1.165, 1.54) is 4.90 Å². The number of carboxylic acids is 1. The smallest absolute Gasteiger partial charge is 0.326 e. The van der Waals surface area contributed by atoms with E-state index in [1.807, 2.05) is 30.3 Å². The predicted molar refractivity (Wildman–Crippen MR) is 94.3 cm³/mol. The van der Waals surface area contributed by atoms with Crippen LogP contribution in [0.15, 0.2) is 48.7 Å². The lowest BCUT2D eigenvalue weighted by molar-refractivity contribution is -0.143. The minimum absolute atomic E-state index is 0.240. The van der Waals surface area contributed by atoms with Crippen LogP contribution >= 0.6 is 0 Å². The number of carboxylic acid groups (broad SMARTS) is 1. The first kappa shape index (κ1) is 17.0. The van der Waals surface area contributed by atoms with E-state index >= 15 is 0 Å². The number of aromatic nitrogens is 1. The third kappa shape index (κ3) is 3.96. The number of hydrogen-bond donors (Lipinski definition) is 2. The van der Waals surface area contributed by atoms with Gasteiger partial charge in [0.1, 0.15) is 6.04 Å². The average Bonchev–Trinajstić information content (AvgIpc) is 2.67. The highest BCUT2D eigenvalue weighted by Gasteiger charge is 2.33. The Hall–Kier alpha value is -2.89. The second-order valence-corrected chi connectivity index (χ2v) is 6.07. The van der Waals surface area contributed by atoms with Gasteiger partial charge in [0, 0.05) is 18.4 Å². The van der Waals surface area contributed by atoms with Crippen LogP contribution in [0, 0.1) is 0 Å². The van der Waals surface area contributed by atoms with Crippen LogP contribution in [0.2, 0.25) is 0 Å². The molecule has 1 aliphatic rings. The number of rotatable bonds is 5. The van der Waals surface area contributed by atoms with E-state index in [1.54, 1.807) is 18.3 Å². The summed E-state index contributed by atoms with van der Waals surface area (Å²) in [5, 5.41) is 12.6. The summed E-state index contributed by atoms with van der Waals surface area (Å²) < 4.78 is 0. The lowest BCUT2D eigenvalue weighted by atomic mass is 10.0. The van der Waals surface area contributed by atoms with E-state index in [0.717, 1.165) is 18.5 Å². The molecule has 0 saturated carbocycles. The Morgan fingerprint density at radius 2 is 1.96 bits per heavy atom. The fraction of sp³-hybridized carbons (Fsp3) is 0.316. The van der Waals surface area contributed by atoms with Crippen LogP contribution in [0.4, 0.5) is 5.69 Å². The summed E-state index contributed by atoms with van der Waals surface area (Å²) in [5.41, 5.74) is 2.05. The number of carbonyl (C=O) groups excluding carboxylic acids is 1. The van der Waals surface area contributed by atoms with E-state index in [0.29, 0.717) is 30.8 Å². The van der Waals surface area contributed by atoms with Crippen molar-refractivity contribution in [1.82, 2.24) is 9.88 Å². The largest absolute Gasteiger partial charge is 0.480 e. The van der Waals surface area contributed by atoms with Crippen molar-refractivity contribution in [3.05, 3.63) is 59.9 Å². The molecule has 1 atom stereocenters. The molecule has 6 nitrogen and oxygen atoms in total. The fourth-order valence-corrected chi connectivity index (χ4v) is 3.10. The molecule has 0 spiro atoms. The van der Waals surface area contributed by atoms with E-state index in [-0.39, 0.29) is 5.91 Å². The van der Waals surface area contributed by atoms with Crippen molar-refractivity contribution in [3.8, 4) is 0 Å². The molecule has 0 aliphatic carbocycles. The lowest BCUT2D eigenvalue weighted by Gasteiger charge is -2.33. The number of piperidine rings is 1.